The van der Waals surface area contributed by atoms with Crippen LogP contribution in [0.1, 0.15) is 0 Å². The van der Waals surface area contributed by atoms with Crippen LogP contribution in [-0.2, 0) is 4.79 Å². The molecule has 0 atom stereocenters. The van der Waals surface area contributed by atoms with Gasteiger partial charge >= 0.3 is 0 Å². The van der Waals surface area contributed by atoms with Crippen LogP contribution >= 0.6 is 0 Å². The molecule has 1 amide bonds. The molecule has 0 aliphatic heterocycles. The molecule has 0 aliphatic rings. The number of amides is 1. The first-order valence-corrected chi connectivity index (χ1v) is 6.45. The first-order chi connectivity index (χ1) is 10.8. The first-order valence-electron chi connectivity index (χ1n) is 6.45. The van der Waals surface area contributed by atoms with E-state index in [1.54, 1.807) is 13.3 Å². The quantitative estimate of drug-likeness (QED) is 0.638. The fourth-order valence-electron chi connectivity index (χ4n) is 2.06. The smallest absolute Gasteiger partial charge is 0.213 e. The number of aliphatic hydroxyl groups is 1. The summed E-state index contributed by atoms with van der Waals surface area (Å²) in [6.45, 7) is 0. The van der Waals surface area contributed by atoms with Crippen molar-refractivity contribution in [1.29, 1.82) is 0 Å². The van der Waals surface area contributed by atoms with Gasteiger partial charge in [0.1, 0.15) is 5.69 Å². The lowest BCUT2D eigenvalue weighted by Gasteiger charge is -2.02. The number of benzene rings is 1. The van der Waals surface area contributed by atoms with Gasteiger partial charge in [0.2, 0.25) is 12.3 Å². The van der Waals surface area contributed by atoms with Gasteiger partial charge in [0.25, 0.3) is 0 Å². The van der Waals surface area contributed by atoms with Gasteiger partial charge in [-0.2, -0.15) is 5.10 Å². The molecule has 114 valence electrons. The monoisotopic (exact) mass is 300 g/mol. The molecule has 0 spiro atoms. The Labute approximate surface area is 127 Å². The molecule has 7 heteroatoms. The highest BCUT2D eigenvalue weighted by Gasteiger charge is 2.10. The predicted molar refractivity (Wildman–Crippen MR) is 83.7 cm³/mol. The van der Waals surface area contributed by atoms with Gasteiger partial charge in [-0.05, 0) is 24.3 Å². The normalized spacial score (nSPS) is 9.77. The standard InChI is InChI=1S/C14H12N4O2.CH4O/c1-20-13-6-9(4-5-15-13)14-11-7-10(16-8-19)2-3-12(11)17-18-14;1-2/h2-8H,1H3,(H,16,19)(H,17,18);2H,1H3. The predicted octanol–water partition coefficient (Wildman–Crippen LogP) is 1.81. The van der Waals surface area contributed by atoms with Crippen LogP contribution in [0.2, 0.25) is 0 Å². The molecule has 0 saturated heterocycles. The summed E-state index contributed by atoms with van der Waals surface area (Å²) >= 11 is 0. The second kappa shape index (κ2) is 7.19. The summed E-state index contributed by atoms with van der Waals surface area (Å²) in [5.74, 6) is 0.529. The van der Waals surface area contributed by atoms with E-state index in [-0.39, 0.29) is 0 Å². The maximum absolute atomic E-state index is 10.5. The molecule has 3 aromatic rings. The molecule has 2 aromatic heterocycles. The molecule has 0 fully saturated rings. The number of nitrogens with one attached hydrogen (secondary N) is 2. The summed E-state index contributed by atoms with van der Waals surface area (Å²) in [4.78, 5) is 14.6. The summed E-state index contributed by atoms with van der Waals surface area (Å²) < 4.78 is 5.12. The van der Waals surface area contributed by atoms with Crippen molar-refractivity contribution in [3.8, 4) is 17.1 Å². The van der Waals surface area contributed by atoms with Crippen LogP contribution in [0.5, 0.6) is 5.88 Å². The number of aromatic amines is 1. The summed E-state index contributed by atoms with van der Waals surface area (Å²) in [5, 5.41) is 17.8. The van der Waals surface area contributed by atoms with Crippen LogP contribution in [0.15, 0.2) is 36.5 Å². The minimum Gasteiger partial charge on any atom is -0.481 e. The molecule has 22 heavy (non-hydrogen) atoms. The van der Waals surface area contributed by atoms with E-state index in [1.165, 1.54) is 0 Å². The Morgan fingerprint density at radius 2 is 2.09 bits per heavy atom. The number of ether oxygens (including phenoxy) is 1. The number of carbonyl (C=O) groups excluding carboxylic acids is 1. The largest absolute Gasteiger partial charge is 0.481 e. The summed E-state index contributed by atoms with van der Waals surface area (Å²) in [7, 11) is 2.57. The second-order valence-corrected chi connectivity index (χ2v) is 4.18. The lowest BCUT2D eigenvalue weighted by molar-refractivity contribution is -0.105. The molecule has 3 rings (SSSR count). The Bertz CT molecular complexity index is 770. The lowest BCUT2D eigenvalue weighted by atomic mass is 10.1. The van der Waals surface area contributed by atoms with Gasteiger partial charge < -0.3 is 15.2 Å². The number of aromatic nitrogens is 3. The zero-order chi connectivity index (χ0) is 15.9. The van der Waals surface area contributed by atoms with E-state index in [2.05, 4.69) is 20.5 Å². The van der Waals surface area contributed by atoms with Crippen LogP contribution < -0.4 is 10.1 Å². The third kappa shape index (κ3) is 3.04. The average molecular weight is 300 g/mol. The fourth-order valence-corrected chi connectivity index (χ4v) is 2.06. The van der Waals surface area contributed by atoms with Gasteiger partial charge in [-0.3, -0.25) is 9.89 Å². The Balaban J connectivity index is 0.000000847. The molecule has 7 nitrogen and oxygen atoms in total. The van der Waals surface area contributed by atoms with Gasteiger partial charge in [0.05, 0.1) is 12.6 Å². The molecule has 0 unspecified atom stereocenters. The molecule has 0 aliphatic carbocycles. The van der Waals surface area contributed by atoms with Crippen molar-refractivity contribution < 1.29 is 14.6 Å². The second-order valence-electron chi connectivity index (χ2n) is 4.18. The minimum atomic E-state index is 0.529. The highest BCUT2D eigenvalue weighted by molar-refractivity contribution is 5.95. The van der Waals surface area contributed by atoms with E-state index in [9.17, 15) is 4.79 Å². The fraction of sp³-hybridized carbons (Fsp3) is 0.133. The molecule has 3 N–H and O–H groups in total. The minimum absolute atomic E-state index is 0.529. The maximum Gasteiger partial charge on any atom is 0.213 e. The zero-order valence-corrected chi connectivity index (χ0v) is 12.2. The third-order valence-corrected chi connectivity index (χ3v) is 3.01. The maximum atomic E-state index is 10.5. The summed E-state index contributed by atoms with van der Waals surface area (Å²) in [5.41, 5.74) is 3.30. The average Bonchev–Trinajstić information content (AvgIpc) is 3.00. The van der Waals surface area contributed by atoms with Crippen molar-refractivity contribution in [1.82, 2.24) is 15.2 Å². The number of nitrogens with zero attached hydrogens (tertiary/aromatic N) is 2. The van der Waals surface area contributed by atoms with E-state index in [0.29, 0.717) is 12.3 Å². The Kier molecular flexibility index (Phi) is 5.05. The molecule has 0 bridgehead atoms. The summed E-state index contributed by atoms with van der Waals surface area (Å²) in [6.07, 6.45) is 2.32. The number of fused-ring (bicyclic) bond motifs is 1. The molecule has 0 saturated carbocycles. The van der Waals surface area contributed by atoms with E-state index in [4.69, 9.17) is 9.84 Å². The number of hydrogen-bond donors (Lipinski definition) is 3. The van der Waals surface area contributed by atoms with E-state index in [0.717, 1.165) is 35.0 Å². The number of carbonyl (C=O) groups is 1. The third-order valence-electron chi connectivity index (χ3n) is 3.01. The topological polar surface area (TPSA) is 100 Å². The Hall–Kier alpha value is -2.93. The SMILES string of the molecule is CO.COc1cc(-c2n[nH]c3ccc(NC=O)cc23)ccn1. The van der Waals surface area contributed by atoms with Gasteiger partial charge in [-0.15, -0.1) is 0 Å². The van der Waals surface area contributed by atoms with E-state index >= 15 is 0 Å². The number of aliphatic hydroxyl groups excluding tert-OH is 1. The van der Waals surface area contributed by atoms with Crippen molar-refractivity contribution in [3.63, 3.8) is 0 Å². The number of hydrogen-bond acceptors (Lipinski definition) is 5. The lowest BCUT2D eigenvalue weighted by Crippen LogP contribution is -1.92. The molecule has 1 aromatic carbocycles. The molecule has 0 radical (unpaired) electrons. The van der Waals surface area contributed by atoms with Crippen LogP contribution in [0.25, 0.3) is 22.2 Å². The van der Waals surface area contributed by atoms with Gasteiger partial charge in [-0.1, -0.05) is 0 Å². The van der Waals surface area contributed by atoms with Crippen molar-refractivity contribution in [2.75, 3.05) is 19.5 Å². The zero-order valence-electron chi connectivity index (χ0n) is 12.2. The number of methoxy groups -OCH3 is 1. The number of pyridine rings is 1. The van der Waals surface area contributed by atoms with E-state index in [1.807, 2.05) is 30.3 Å². The van der Waals surface area contributed by atoms with Gasteiger partial charge in [0.15, 0.2) is 0 Å². The highest BCUT2D eigenvalue weighted by Crippen LogP contribution is 2.29. The van der Waals surface area contributed by atoms with Crippen molar-refractivity contribution in [3.05, 3.63) is 36.5 Å². The summed E-state index contributed by atoms with van der Waals surface area (Å²) in [6, 6.07) is 9.23. The van der Waals surface area contributed by atoms with Crippen molar-refractivity contribution in [2.45, 2.75) is 0 Å². The molecular weight excluding hydrogens is 284 g/mol. The Morgan fingerprint density at radius 3 is 2.82 bits per heavy atom. The van der Waals surface area contributed by atoms with Gasteiger partial charge in [-0.25, -0.2) is 4.98 Å². The highest BCUT2D eigenvalue weighted by atomic mass is 16.5. The molecule has 2 heterocycles. The number of anilines is 1. The van der Waals surface area contributed by atoms with Crippen LogP contribution in [0, 0.1) is 0 Å². The Morgan fingerprint density at radius 1 is 1.27 bits per heavy atom. The van der Waals surface area contributed by atoms with Gasteiger partial charge in [0, 0.05) is 36.0 Å². The first kappa shape index (κ1) is 15.5. The van der Waals surface area contributed by atoms with Crippen LogP contribution in [0.4, 0.5) is 5.69 Å². The molecular formula is C15H16N4O3. The number of H-pyrrole nitrogens is 1. The van der Waals surface area contributed by atoms with Crippen molar-refractivity contribution >= 4 is 23.0 Å². The number of rotatable bonds is 4. The van der Waals surface area contributed by atoms with Crippen molar-refractivity contribution in [2.24, 2.45) is 0 Å². The van der Waals surface area contributed by atoms with E-state index < -0.39 is 0 Å². The van der Waals surface area contributed by atoms with Crippen LogP contribution in [-0.4, -0.2) is 40.9 Å². The van der Waals surface area contributed by atoms with Crippen LogP contribution in [0.3, 0.4) is 0 Å².